The molecular formula is C13H19F2NS. The Bertz CT molecular complexity index is 344. The van der Waals surface area contributed by atoms with Crippen LogP contribution in [-0.2, 0) is 6.54 Å². The molecule has 1 atom stereocenters. The van der Waals surface area contributed by atoms with Gasteiger partial charge in [0.15, 0.2) is 0 Å². The third kappa shape index (κ3) is 5.50. The Labute approximate surface area is 106 Å². The fourth-order valence-corrected chi connectivity index (χ4v) is 2.28. The van der Waals surface area contributed by atoms with Gasteiger partial charge in [-0.05, 0) is 43.0 Å². The number of nitrogens with one attached hydrogen (secondary N) is 1. The van der Waals surface area contributed by atoms with Crippen LogP contribution in [0.15, 0.2) is 18.2 Å². The van der Waals surface area contributed by atoms with Crippen molar-refractivity contribution >= 4 is 11.8 Å². The molecule has 0 aliphatic carbocycles. The molecule has 0 amide bonds. The molecule has 0 bridgehead atoms. The van der Waals surface area contributed by atoms with Crippen LogP contribution in [0.4, 0.5) is 8.78 Å². The van der Waals surface area contributed by atoms with Crippen LogP contribution < -0.4 is 5.32 Å². The van der Waals surface area contributed by atoms with Gasteiger partial charge in [-0.1, -0.05) is 6.92 Å². The minimum Gasteiger partial charge on any atom is -0.310 e. The van der Waals surface area contributed by atoms with Crippen molar-refractivity contribution in [3.05, 3.63) is 35.4 Å². The van der Waals surface area contributed by atoms with Crippen LogP contribution in [-0.4, -0.2) is 17.5 Å². The third-order valence-electron chi connectivity index (χ3n) is 2.55. The lowest BCUT2D eigenvalue weighted by Crippen LogP contribution is -2.26. The molecule has 17 heavy (non-hydrogen) atoms. The van der Waals surface area contributed by atoms with Gasteiger partial charge < -0.3 is 5.32 Å². The van der Waals surface area contributed by atoms with Crippen molar-refractivity contribution in [3.63, 3.8) is 0 Å². The first kappa shape index (κ1) is 14.5. The van der Waals surface area contributed by atoms with E-state index in [9.17, 15) is 8.78 Å². The molecule has 0 aromatic heterocycles. The summed E-state index contributed by atoms with van der Waals surface area (Å²) >= 11 is 1.89. The van der Waals surface area contributed by atoms with Crippen LogP contribution in [0, 0.1) is 11.6 Å². The highest BCUT2D eigenvalue weighted by atomic mass is 32.2. The number of halogens is 2. The van der Waals surface area contributed by atoms with Gasteiger partial charge in [-0.2, -0.15) is 11.8 Å². The quantitative estimate of drug-likeness (QED) is 0.751. The summed E-state index contributed by atoms with van der Waals surface area (Å²) in [6.45, 7) is 4.57. The summed E-state index contributed by atoms with van der Waals surface area (Å²) in [5.41, 5.74) is 0.389. The lowest BCUT2D eigenvalue weighted by molar-refractivity contribution is 0.514. The molecular weight excluding hydrogens is 240 g/mol. The molecule has 0 saturated carbocycles. The first-order valence-corrected chi connectivity index (χ1v) is 7.04. The van der Waals surface area contributed by atoms with Gasteiger partial charge in [0.2, 0.25) is 0 Å². The topological polar surface area (TPSA) is 12.0 Å². The maximum Gasteiger partial charge on any atom is 0.127 e. The van der Waals surface area contributed by atoms with Crippen LogP contribution >= 0.6 is 11.8 Å². The van der Waals surface area contributed by atoms with Crippen LogP contribution in [0.3, 0.4) is 0 Å². The summed E-state index contributed by atoms with van der Waals surface area (Å²) in [7, 11) is 0. The molecule has 1 nitrogen and oxygen atoms in total. The second kappa shape index (κ2) is 7.67. The van der Waals surface area contributed by atoms with E-state index in [1.807, 2.05) is 11.8 Å². The van der Waals surface area contributed by atoms with Gasteiger partial charge in [0.1, 0.15) is 11.6 Å². The minimum atomic E-state index is -0.391. The molecule has 96 valence electrons. The summed E-state index contributed by atoms with van der Waals surface area (Å²) in [5, 5.41) is 3.21. The normalized spacial score (nSPS) is 12.7. The van der Waals surface area contributed by atoms with E-state index in [0.29, 0.717) is 18.2 Å². The predicted molar refractivity (Wildman–Crippen MR) is 70.3 cm³/mol. The molecule has 0 radical (unpaired) electrons. The molecule has 0 saturated heterocycles. The van der Waals surface area contributed by atoms with Crippen molar-refractivity contribution in [1.29, 1.82) is 0 Å². The van der Waals surface area contributed by atoms with E-state index < -0.39 is 5.82 Å². The van der Waals surface area contributed by atoms with E-state index in [1.54, 1.807) is 0 Å². The fourth-order valence-electron chi connectivity index (χ4n) is 1.47. The van der Waals surface area contributed by atoms with Crippen LogP contribution in [0.25, 0.3) is 0 Å². The second-order valence-electron chi connectivity index (χ2n) is 4.00. The Balaban J connectivity index is 2.36. The van der Waals surface area contributed by atoms with Crippen molar-refractivity contribution in [2.45, 2.75) is 32.9 Å². The maximum absolute atomic E-state index is 13.3. The van der Waals surface area contributed by atoms with Crippen molar-refractivity contribution in [2.75, 3.05) is 11.5 Å². The minimum absolute atomic E-state index is 0.316. The highest BCUT2D eigenvalue weighted by Crippen LogP contribution is 2.10. The first-order valence-electron chi connectivity index (χ1n) is 5.88. The van der Waals surface area contributed by atoms with E-state index in [2.05, 4.69) is 19.2 Å². The number of benzene rings is 1. The maximum atomic E-state index is 13.3. The molecule has 1 aromatic carbocycles. The molecule has 0 fully saturated rings. The van der Waals surface area contributed by atoms with Crippen molar-refractivity contribution in [2.24, 2.45) is 0 Å². The molecule has 0 heterocycles. The molecule has 1 aromatic rings. The van der Waals surface area contributed by atoms with Crippen LogP contribution in [0.1, 0.15) is 25.8 Å². The Morgan fingerprint density at radius 2 is 2.12 bits per heavy atom. The lowest BCUT2D eigenvalue weighted by Gasteiger charge is -2.13. The zero-order valence-corrected chi connectivity index (χ0v) is 11.1. The van der Waals surface area contributed by atoms with Gasteiger partial charge in [-0.25, -0.2) is 8.78 Å². The van der Waals surface area contributed by atoms with Gasteiger partial charge >= 0.3 is 0 Å². The monoisotopic (exact) mass is 259 g/mol. The van der Waals surface area contributed by atoms with Gasteiger partial charge in [0.05, 0.1) is 0 Å². The van der Waals surface area contributed by atoms with Crippen LogP contribution in [0.5, 0.6) is 0 Å². The molecule has 1 rings (SSSR count). The smallest absolute Gasteiger partial charge is 0.127 e. The molecule has 0 aliphatic rings. The molecule has 4 heteroatoms. The summed E-state index contributed by atoms with van der Waals surface area (Å²) in [6.07, 6.45) is 1.04. The lowest BCUT2D eigenvalue weighted by atomic mass is 10.2. The van der Waals surface area contributed by atoms with E-state index >= 15 is 0 Å². The number of hydrogen-bond acceptors (Lipinski definition) is 2. The Morgan fingerprint density at radius 3 is 2.82 bits per heavy atom. The molecule has 1 unspecified atom stereocenters. The average Bonchev–Trinajstić information content (AvgIpc) is 2.31. The average molecular weight is 259 g/mol. The number of rotatable bonds is 7. The first-order chi connectivity index (χ1) is 8.13. The van der Waals surface area contributed by atoms with Crippen molar-refractivity contribution < 1.29 is 8.78 Å². The highest BCUT2D eigenvalue weighted by molar-refractivity contribution is 7.99. The molecule has 1 N–H and O–H groups in total. The van der Waals surface area contributed by atoms with Crippen molar-refractivity contribution in [1.82, 2.24) is 5.32 Å². The fraction of sp³-hybridized carbons (Fsp3) is 0.538. The Hall–Kier alpha value is -0.610. The van der Waals surface area contributed by atoms with E-state index in [0.717, 1.165) is 24.0 Å². The largest absolute Gasteiger partial charge is 0.310 e. The summed E-state index contributed by atoms with van der Waals surface area (Å²) in [4.78, 5) is 0. The summed E-state index contributed by atoms with van der Waals surface area (Å²) in [6, 6.07) is 3.87. The van der Waals surface area contributed by atoms with Crippen LogP contribution in [0.2, 0.25) is 0 Å². The SMILES string of the molecule is CCSCCC(C)NCc1cc(F)ccc1F. The standard InChI is InChI=1S/C13H19F2NS/c1-3-17-7-6-10(2)16-9-11-8-12(14)4-5-13(11)15/h4-5,8,10,16H,3,6-7,9H2,1-2H3. The molecule has 0 spiro atoms. The van der Waals surface area contributed by atoms with E-state index in [4.69, 9.17) is 0 Å². The zero-order valence-electron chi connectivity index (χ0n) is 10.3. The summed E-state index contributed by atoms with van der Waals surface area (Å²) < 4.78 is 26.2. The zero-order chi connectivity index (χ0) is 12.7. The number of thioether (sulfide) groups is 1. The third-order valence-corrected chi connectivity index (χ3v) is 3.48. The van der Waals surface area contributed by atoms with Gasteiger partial charge in [0.25, 0.3) is 0 Å². The highest BCUT2D eigenvalue weighted by Gasteiger charge is 2.06. The van der Waals surface area contributed by atoms with Gasteiger partial charge in [-0.15, -0.1) is 0 Å². The van der Waals surface area contributed by atoms with E-state index in [-0.39, 0.29) is 5.82 Å². The van der Waals surface area contributed by atoms with Gasteiger partial charge in [-0.3, -0.25) is 0 Å². The second-order valence-corrected chi connectivity index (χ2v) is 5.40. The van der Waals surface area contributed by atoms with Gasteiger partial charge in [0, 0.05) is 18.2 Å². The summed E-state index contributed by atoms with van der Waals surface area (Å²) in [5.74, 6) is 1.47. The van der Waals surface area contributed by atoms with Crippen molar-refractivity contribution in [3.8, 4) is 0 Å². The Kier molecular flexibility index (Phi) is 6.52. The molecule has 0 aliphatic heterocycles. The predicted octanol–water partition coefficient (Wildman–Crippen LogP) is 3.59. The van der Waals surface area contributed by atoms with E-state index in [1.165, 1.54) is 12.1 Å². The number of hydrogen-bond donors (Lipinski definition) is 1. The Morgan fingerprint density at radius 1 is 1.35 bits per heavy atom.